The second kappa shape index (κ2) is 2.83. The van der Waals surface area contributed by atoms with Crippen molar-refractivity contribution in [3.05, 3.63) is 24.3 Å². The zero-order chi connectivity index (χ0) is 8.39. The molecule has 0 saturated carbocycles. The van der Waals surface area contributed by atoms with Crippen molar-refractivity contribution in [2.75, 3.05) is 17.4 Å². The molecule has 1 aliphatic rings. The average Bonchev–Trinajstić information content (AvgIpc) is 2.58. The molecule has 0 radical (unpaired) electrons. The van der Waals surface area contributed by atoms with E-state index in [1.54, 1.807) is 5.12 Å². The molecule has 0 unspecified atom stereocenters. The molecule has 1 aromatic carbocycles. The van der Waals surface area contributed by atoms with Crippen LogP contribution in [0.3, 0.4) is 0 Å². The number of hydrogen-bond acceptors (Lipinski definition) is 4. The van der Waals surface area contributed by atoms with Crippen LogP contribution in [0, 0.1) is 0 Å². The first kappa shape index (κ1) is 7.12. The Hall–Kier alpha value is -1.55. The number of benzene rings is 1. The maximum Gasteiger partial charge on any atom is 0.0780 e. The third kappa shape index (κ3) is 1.24. The van der Waals surface area contributed by atoms with Crippen molar-refractivity contribution < 1.29 is 0 Å². The first-order valence-electron chi connectivity index (χ1n) is 3.78. The second-order valence-electron chi connectivity index (χ2n) is 2.56. The number of nitrogens with one attached hydrogen (secondary N) is 1. The molecule has 0 aromatic heterocycles. The fourth-order valence-electron chi connectivity index (χ4n) is 1.06. The van der Waals surface area contributed by atoms with Gasteiger partial charge in [0.2, 0.25) is 0 Å². The summed E-state index contributed by atoms with van der Waals surface area (Å²) in [6, 6.07) is 7.55. The van der Waals surface area contributed by atoms with Gasteiger partial charge in [-0.2, -0.15) is 10.2 Å². The first-order valence-corrected chi connectivity index (χ1v) is 3.78. The molecule has 1 aromatic rings. The van der Waals surface area contributed by atoms with Crippen molar-refractivity contribution in [2.24, 2.45) is 5.10 Å². The summed E-state index contributed by atoms with van der Waals surface area (Å²) in [6.45, 7) is 0.782. The van der Waals surface area contributed by atoms with E-state index in [0.29, 0.717) is 0 Å². The van der Waals surface area contributed by atoms with Gasteiger partial charge >= 0.3 is 0 Å². The van der Waals surface area contributed by atoms with Gasteiger partial charge in [-0.15, -0.1) is 0 Å². The summed E-state index contributed by atoms with van der Waals surface area (Å²) in [4.78, 5) is 0. The van der Waals surface area contributed by atoms with Gasteiger partial charge in [-0.1, -0.05) is 0 Å². The van der Waals surface area contributed by atoms with Crippen molar-refractivity contribution in [1.82, 2.24) is 5.43 Å². The van der Waals surface area contributed by atoms with Crippen molar-refractivity contribution in [3.63, 3.8) is 0 Å². The van der Waals surface area contributed by atoms with Crippen LogP contribution in [0.4, 0.5) is 11.4 Å². The van der Waals surface area contributed by atoms with E-state index < -0.39 is 0 Å². The van der Waals surface area contributed by atoms with Gasteiger partial charge in [0.05, 0.1) is 12.2 Å². The summed E-state index contributed by atoms with van der Waals surface area (Å²) in [6.07, 6.45) is 1.82. The fourth-order valence-corrected chi connectivity index (χ4v) is 1.06. The summed E-state index contributed by atoms with van der Waals surface area (Å²) in [5.41, 5.74) is 10.4. The molecule has 0 fully saturated rings. The van der Waals surface area contributed by atoms with Crippen LogP contribution in [0.1, 0.15) is 0 Å². The molecule has 1 aliphatic heterocycles. The molecule has 4 nitrogen and oxygen atoms in total. The van der Waals surface area contributed by atoms with Crippen molar-refractivity contribution in [3.8, 4) is 0 Å². The molecular weight excluding hydrogens is 152 g/mol. The van der Waals surface area contributed by atoms with Crippen LogP contribution < -0.4 is 16.3 Å². The summed E-state index contributed by atoms with van der Waals surface area (Å²) in [5.74, 6) is 0. The summed E-state index contributed by atoms with van der Waals surface area (Å²) < 4.78 is 0. The highest BCUT2D eigenvalue weighted by Gasteiger charge is 2.05. The number of nitrogen functional groups attached to an aromatic ring is 1. The Morgan fingerprint density at radius 1 is 1.33 bits per heavy atom. The number of hydrazine groups is 1. The van der Waals surface area contributed by atoms with Crippen LogP contribution in [-0.4, -0.2) is 12.8 Å². The van der Waals surface area contributed by atoms with E-state index in [9.17, 15) is 0 Å². The van der Waals surface area contributed by atoms with Gasteiger partial charge in [-0.25, -0.2) is 5.43 Å². The van der Waals surface area contributed by atoms with Gasteiger partial charge in [0.25, 0.3) is 0 Å². The lowest BCUT2D eigenvalue weighted by molar-refractivity contribution is 0.757. The van der Waals surface area contributed by atoms with E-state index >= 15 is 0 Å². The molecule has 4 heteroatoms. The topological polar surface area (TPSA) is 53.6 Å². The summed E-state index contributed by atoms with van der Waals surface area (Å²) in [7, 11) is 0. The van der Waals surface area contributed by atoms with Crippen LogP contribution in [0.25, 0.3) is 0 Å². The van der Waals surface area contributed by atoms with Gasteiger partial charge in [0.15, 0.2) is 0 Å². The molecular formula is C8H10N4. The van der Waals surface area contributed by atoms with Gasteiger partial charge in [0, 0.05) is 11.9 Å². The van der Waals surface area contributed by atoms with Crippen LogP contribution in [0.15, 0.2) is 29.4 Å². The minimum atomic E-state index is 0.766. The van der Waals surface area contributed by atoms with E-state index in [1.807, 2.05) is 30.5 Å². The lowest BCUT2D eigenvalue weighted by Gasteiger charge is -2.13. The number of nitrogens with zero attached hydrogens (tertiary/aromatic N) is 2. The third-order valence-electron chi connectivity index (χ3n) is 1.67. The fraction of sp³-hybridized carbons (Fsp3) is 0.125. The average molecular weight is 162 g/mol. The zero-order valence-corrected chi connectivity index (χ0v) is 6.57. The quantitative estimate of drug-likeness (QED) is 0.594. The number of hydrogen-bond donors (Lipinski definition) is 2. The van der Waals surface area contributed by atoms with Crippen LogP contribution in [-0.2, 0) is 0 Å². The largest absolute Gasteiger partial charge is 0.399 e. The highest BCUT2D eigenvalue weighted by Crippen LogP contribution is 2.15. The Labute approximate surface area is 70.6 Å². The SMILES string of the molecule is Nc1ccc(N2N=CCN2)cc1. The lowest BCUT2D eigenvalue weighted by Crippen LogP contribution is -2.28. The third-order valence-corrected chi connectivity index (χ3v) is 1.67. The van der Waals surface area contributed by atoms with Crippen molar-refractivity contribution in [1.29, 1.82) is 0 Å². The molecule has 0 aliphatic carbocycles. The van der Waals surface area contributed by atoms with Crippen LogP contribution >= 0.6 is 0 Å². The molecule has 3 N–H and O–H groups in total. The van der Waals surface area contributed by atoms with E-state index in [2.05, 4.69) is 10.5 Å². The predicted octanol–water partition coefficient (Wildman–Crippen LogP) is 0.579. The number of hydrazone groups is 1. The molecule has 0 saturated heterocycles. The normalized spacial score (nSPS) is 15.5. The summed E-state index contributed by atoms with van der Waals surface area (Å²) >= 11 is 0. The lowest BCUT2D eigenvalue weighted by atomic mass is 10.3. The molecule has 0 atom stereocenters. The highest BCUT2D eigenvalue weighted by molar-refractivity contribution is 5.66. The molecule has 0 amide bonds. The maximum absolute atomic E-state index is 5.55. The molecule has 0 bridgehead atoms. The van der Waals surface area contributed by atoms with E-state index in [1.165, 1.54) is 0 Å². The monoisotopic (exact) mass is 162 g/mol. The Morgan fingerprint density at radius 2 is 2.08 bits per heavy atom. The molecule has 1 heterocycles. The predicted molar refractivity (Wildman–Crippen MR) is 49.8 cm³/mol. The Kier molecular flexibility index (Phi) is 1.68. The van der Waals surface area contributed by atoms with Crippen molar-refractivity contribution >= 4 is 17.6 Å². The number of rotatable bonds is 1. The Bertz CT molecular complexity index is 290. The second-order valence-corrected chi connectivity index (χ2v) is 2.56. The zero-order valence-electron chi connectivity index (χ0n) is 6.57. The number of nitrogens with two attached hydrogens (primary N) is 1. The van der Waals surface area contributed by atoms with Gasteiger partial charge in [-0.05, 0) is 24.3 Å². The molecule has 62 valence electrons. The summed E-state index contributed by atoms with van der Waals surface area (Å²) in [5, 5.41) is 5.81. The minimum Gasteiger partial charge on any atom is -0.399 e. The van der Waals surface area contributed by atoms with Crippen LogP contribution in [0.2, 0.25) is 0 Å². The minimum absolute atomic E-state index is 0.766. The smallest absolute Gasteiger partial charge is 0.0780 e. The van der Waals surface area contributed by atoms with E-state index in [-0.39, 0.29) is 0 Å². The van der Waals surface area contributed by atoms with E-state index in [4.69, 9.17) is 5.73 Å². The first-order chi connectivity index (χ1) is 5.86. The van der Waals surface area contributed by atoms with E-state index in [0.717, 1.165) is 17.9 Å². The molecule has 12 heavy (non-hydrogen) atoms. The van der Waals surface area contributed by atoms with Gasteiger partial charge < -0.3 is 5.73 Å². The number of anilines is 2. The highest BCUT2D eigenvalue weighted by atomic mass is 15.7. The van der Waals surface area contributed by atoms with Gasteiger partial charge in [0.1, 0.15) is 0 Å². The maximum atomic E-state index is 5.55. The molecule has 0 spiro atoms. The standard InChI is InChI=1S/C8H10N4/c9-7-1-3-8(4-2-7)12-10-5-6-11-12/h1-5,11H,6,9H2. The Morgan fingerprint density at radius 3 is 2.67 bits per heavy atom. The Balaban J connectivity index is 2.23. The van der Waals surface area contributed by atoms with Crippen molar-refractivity contribution in [2.45, 2.75) is 0 Å². The van der Waals surface area contributed by atoms with Crippen LogP contribution in [0.5, 0.6) is 0 Å². The van der Waals surface area contributed by atoms with Gasteiger partial charge in [-0.3, -0.25) is 0 Å². The molecule has 2 rings (SSSR count).